The molecule has 0 spiro atoms. The Balaban J connectivity index is 2.40. The second kappa shape index (κ2) is 5.82. The average Bonchev–Trinajstić information content (AvgIpc) is 2.85. The highest BCUT2D eigenvalue weighted by Gasteiger charge is 2.14. The Kier molecular flexibility index (Phi) is 4.37. The summed E-state index contributed by atoms with van der Waals surface area (Å²) in [6, 6.07) is 3.62. The Labute approximate surface area is 115 Å². The van der Waals surface area contributed by atoms with Gasteiger partial charge in [-0.1, -0.05) is 11.8 Å². The predicted octanol–water partition coefficient (Wildman–Crippen LogP) is 4.02. The SMILES string of the molecule is CNC(C)c1cc(F)c(C)cc1Sc1nccs1. The highest BCUT2D eigenvalue weighted by molar-refractivity contribution is 8.01. The molecule has 2 aromatic rings. The summed E-state index contributed by atoms with van der Waals surface area (Å²) >= 11 is 3.18. The van der Waals surface area contributed by atoms with Crippen LogP contribution in [-0.2, 0) is 0 Å². The second-order valence-corrected chi connectivity index (χ2v) is 6.23. The second-order valence-electron chi connectivity index (χ2n) is 4.05. The summed E-state index contributed by atoms with van der Waals surface area (Å²) in [6.45, 7) is 3.81. The molecule has 0 saturated carbocycles. The van der Waals surface area contributed by atoms with Crippen LogP contribution in [0.2, 0.25) is 0 Å². The third-order valence-corrected chi connectivity index (χ3v) is 4.75. The summed E-state index contributed by atoms with van der Waals surface area (Å²) in [4.78, 5) is 5.32. The summed E-state index contributed by atoms with van der Waals surface area (Å²) in [5, 5.41) is 5.10. The van der Waals surface area contributed by atoms with Crippen molar-refractivity contribution in [2.45, 2.75) is 29.1 Å². The van der Waals surface area contributed by atoms with Gasteiger partial charge >= 0.3 is 0 Å². The first-order chi connectivity index (χ1) is 8.61. The van der Waals surface area contributed by atoms with Crippen LogP contribution in [0.25, 0.3) is 0 Å². The number of aromatic nitrogens is 1. The fourth-order valence-electron chi connectivity index (χ4n) is 1.61. The van der Waals surface area contributed by atoms with Gasteiger partial charge in [-0.15, -0.1) is 11.3 Å². The Bertz CT molecular complexity index is 526. The smallest absolute Gasteiger partial charge is 0.154 e. The third kappa shape index (κ3) is 2.91. The van der Waals surface area contributed by atoms with Crippen LogP contribution in [0.1, 0.15) is 24.1 Å². The molecular formula is C13H15FN2S2. The highest BCUT2D eigenvalue weighted by atomic mass is 32.2. The molecule has 0 bridgehead atoms. The summed E-state index contributed by atoms with van der Waals surface area (Å²) in [5.74, 6) is -0.157. The molecule has 1 N–H and O–H groups in total. The van der Waals surface area contributed by atoms with E-state index in [0.29, 0.717) is 5.56 Å². The number of rotatable bonds is 4. The first-order valence-electron chi connectivity index (χ1n) is 5.66. The van der Waals surface area contributed by atoms with E-state index in [-0.39, 0.29) is 11.9 Å². The summed E-state index contributed by atoms with van der Waals surface area (Å²) in [5.41, 5.74) is 1.64. The van der Waals surface area contributed by atoms with E-state index in [1.807, 2.05) is 25.4 Å². The average molecular weight is 282 g/mol. The molecular weight excluding hydrogens is 267 g/mol. The van der Waals surface area contributed by atoms with Gasteiger partial charge in [0.15, 0.2) is 4.34 Å². The predicted molar refractivity (Wildman–Crippen MR) is 74.8 cm³/mol. The van der Waals surface area contributed by atoms with Crippen molar-refractivity contribution in [3.8, 4) is 0 Å². The molecule has 0 radical (unpaired) electrons. The molecule has 1 aromatic carbocycles. The van der Waals surface area contributed by atoms with Crippen LogP contribution in [-0.4, -0.2) is 12.0 Å². The Morgan fingerprint density at radius 2 is 2.22 bits per heavy atom. The number of nitrogens with one attached hydrogen (secondary N) is 1. The first-order valence-corrected chi connectivity index (χ1v) is 7.36. The maximum absolute atomic E-state index is 13.7. The van der Waals surface area contributed by atoms with Crippen LogP contribution in [0.15, 0.2) is 32.9 Å². The molecule has 96 valence electrons. The van der Waals surface area contributed by atoms with Crippen LogP contribution < -0.4 is 5.32 Å². The van der Waals surface area contributed by atoms with Gasteiger partial charge in [-0.25, -0.2) is 9.37 Å². The fraction of sp³-hybridized carbons (Fsp3) is 0.308. The van der Waals surface area contributed by atoms with Crippen molar-refractivity contribution in [3.05, 3.63) is 40.7 Å². The van der Waals surface area contributed by atoms with Crippen molar-refractivity contribution < 1.29 is 4.39 Å². The van der Waals surface area contributed by atoms with E-state index in [4.69, 9.17) is 0 Å². The minimum absolute atomic E-state index is 0.113. The summed E-state index contributed by atoms with van der Waals surface area (Å²) < 4.78 is 14.7. The van der Waals surface area contributed by atoms with Crippen LogP contribution in [0.3, 0.4) is 0 Å². The molecule has 1 aromatic heterocycles. The van der Waals surface area contributed by atoms with E-state index in [0.717, 1.165) is 14.8 Å². The van der Waals surface area contributed by atoms with Crippen molar-refractivity contribution in [3.63, 3.8) is 0 Å². The molecule has 2 nitrogen and oxygen atoms in total. The Morgan fingerprint density at radius 1 is 1.44 bits per heavy atom. The van der Waals surface area contributed by atoms with Crippen molar-refractivity contribution in [1.29, 1.82) is 0 Å². The van der Waals surface area contributed by atoms with Crippen LogP contribution in [0.4, 0.5) is 4.39 Å². The normalized spacial score (nSPS) is 12.7. The number of aryl methyl sites for hydroxylation is 1. The van der Waals surface area contributed by atoms with Gasteiger partial charge in [0.05, 0.1) is 0 Å². The van der Waals surface area contributed by atoms with Gasteiger partial charge in [0, 0.05) is 22.5 Å². The van der Waals surface area contributed by atoms with Crippen LogP contribution >= 0.6 is 23.1 Å². The van der Waals surface area contributed by atoms with E-state index in [1.54, 1.807) is 42.3 Å². The molecule has 0 aliphatic heterocycles. The zero-order chi connectivity index (χ0) is 13.1. The molecule has 0 aliphatic carbocycles. The lowest BCUT2D eigenvalue weighted by Gasteiger charge is -2.16. The minimum Gasteiger partial charge on any atom is -0.313 e. The van der Waals surface area contributed by atoms with Gasteiger partial charge in [0.25, 0.3) is 0 Å². The van der Waals surface area contributed by atoms with E-state index in [9.17, 15) is 4.39 Å². The largest absolute Gasteiger partial charge is 0.313 e. The summed E-state index contributed by atoms with van der Waals surface area (Å²) in [7, 11) is 1.88. The number of thiazole rings is 1. The standard InChI is InChI=1S/C13H15FN2S2/c1-8-6-12(18-13-16-4-5-17-13)10(7-11(8)14)9(2)15-3/h4-7,9,15H,1-3H3. The molecule has 2 rings (SSSR count). The monoisotopic (exact) mass is 282 g/mol. The maximum Gasteiger partial charge on any atom is 0.154 e. The first kappa shape index (κ1) is 13.5. The Morgan fingerprint density at radius 3 is 2.83 bits per heavy atom. The van der Waals surface area contributed by atoms with Crippen LogP contribution in [0.5, 0.6) is 0 Å². The third-order valence-electron chi connectivity index (χ3n) is 2.80. The molecule has 1 atom stereocenters. The van der Waals surface area contributed by atoms with Crippen molar-refractivity contribution >= 4 is 23.1 Å². The quantitative estimate of drug-likeness (QED) is 0.916. The van der Waals surface area contributed by atoms with Crippen LogP contribution in [0, 0.1) is 12.7 Å². The highest BCUT2D eigenvalue weighted by Crippen LogP contribution is 2.35. The zero-order valence-corrected chi connectivity index (χ0v) is 12.2. The molecule has 1 heterocycles. The molecule has 18 heavy (non-hydrogen) atoms. The topological polar surface area (TPSA) is 24.9 Å². The number of hydrogen-bond acceptors (Lipinski definition) is 4. The van der Waals surface area contributed by atoms with Gasteiger partial charge in [0.1, 0.15) is 5.82 Å². The van der Waals surface area contributed by atoms with Crippen molar-refractivity contribution in [2.24, 2.45) is 0 Å². The van der Waals surface area contributed by atoms with Gasteiger partial charge in [-0.3, -0.25) is 0 Å². The Hall–Kier alpha value is -0.910. The minimum atomic E-state index is -0.157. The molecule has 0 fully saturated rings. The zero-order valence-electron chi connectivity index (χ0n) is 10.5. The number of nitrogens with zero attached hydrogens (tertiary/aromatic N) is 1. The maximum atomic E-state index is 13.7. The lowest BCUT2D eigenvalue weighted by atomic mass is 10.1. The lowest BCUT2D eigenvalue weighted by Crippen LogP contribution is -2.13. The van der Waals surface area contributed by atoms with Crippen molar-refractivity contribution in [2.75, 3.05) is 7.05 Å². The fourth-order valence-corrected chi connectivity index (χ4v) is 3.49. The molecule has 0 amide bonds. The number of hydrogen-bond donors (Lipinski definition) is 1. The lowest BCUT2D eigenvalue weighted by molar-refractivity contribution is 0.594. The molecule has 0 aliphatic rings. The molecule has 1 unspecified atom stereocenters. The van der Waals surface area contributed by atoms with Gasteiger partial charge in [-0.2, -0.15) is 0 Å². The van der Waals surface area contributed by atoms with E-state index in [1.165, 1.54) is 0 Å². The van der Waals surface area contributed by atoms with E-state index >= 15 is 0 Å². The van der Waals surface area contributed by atoms with Gasteiger partial charge < -0.3 is 5.32 Å². The summed E-state index contributed by atoms with van der Waals surface area (Å²) in [6.07, 6.45) is 1.78. The number of benzene rings is 1. The molecule has 5 heteroatoms. The van der Waals surface area contributed by atoms with E-state index < -0.39 is 0 Å². The van der Waals surface area contributed by atoms with Gasteiger partial charge in [-0.05, 0) is 44.2 Å². The number of halogens is 1. The van der Waals surface area contributed by atoms with E-state index in [2.05, 4.69) is 10.3 Å². The molecule has 0 saturated heterocycles. The van der Waals surface area contributed by atoms with Crippen molar-refractivity contribution in [1.82, 2.24) is 10.3 Å². The van der Waals surface area contributed by atoms with Gasteiger partial charge in [0.2, 0.25) is 0 Å².